The van der Waals surface area contributed by atoms with Crippen LogP contribution in [0.25, 0.3) is 0 Å². The van der Waals surface area contributed by atoms with Crippen LogP contribution in [0.3, 0.4) is 0 Å². The minimum Gasteiger partial charge on any atom is -0.462 e. The van der Waals surface area contributed by atoms with Gasteiger partial charge in [0.15, 0.2) is 0 Å². The maximum Gasteiger partial charge on any atom is 0.330 e. The normalized spacial score (nSPS) is 23.8. The Morgan fingerprint density at radius 3 is 2.84 bits per heavy atom. The molecular weight excluding hydrogens is 252 g/mol. The Bertz CT molecular complexity index is 317. The number of rotatable bonds is 5. The van der Waals surface area contributed by atoms with Crippen LogP contribution in [0, 0.1) is 0 Å². The Hall–Kier alpha value is -1.40. The standard InChI is InChI=1S/C13H20O6/c1-3-11(14)17-9-6-12(15)19-13(2)10-16-7-4-5-8-18-13/h3H,1,4-10H2,2H3. The lowest BCUT2D eigenvalue weighted by Crippen LogP contribution is -2.41. The molecule has 1 atom stereocenters. The van der Waals surface area contributed by atoms with Gasteiger partial charge >= 0.3 is 11.9 Å². The Balaban J connectivity index is 2.32. The summed E-state index contributed by atoms with van der Waals surface area (Å²) in [6.07, 6.45) is 2.81. The fraction of sp³-hybridized carbons (Fsp3) is 0.692. The van der Waals surface area contributed by atoms with Crippen molar-refractivity contribution in [3.63, 3.8) is 0 Å². The molecule has 1 fully saturated rings. The molecule has 1 aliphatic rings. The predicted molar refractivity (Wildman–Crippen MR) is 66.3 cm³/mol. The SMILES string of the molecule is C=CC(=O)OCCC(=O)OC1(C)COCCCCO1. The van der Waals surface area contributed by atoms with Gasteiger partial charge in [-0.2, -0.15) is 0 Å². The van der Waals surface area contributed by atoms with E-state index in [1.165, 1.54) is 0 Å². The molecule has 0 spiro atoms. The summed E-state index contributed by atoms with van der Waals surface area (Å²) in [6.45, 7) is 6.23. The van der Waals surface area contributed by atoms with Crippen molar-refractivity contribution in [2.45, 2.75) is 32.0 Å². The van der Waals surface area contributed by atoms with Gasteiger partial charge in [0.2, 0.25) is 5.79 Å². The zero-order valence-corrected chi connectivity index (χ0v) is 11.2. The first-order valence-corrected chi connectivity index (χ1v) is 6.28. The van der Waals surface area contributed by atoms with E-state index >= 15 is 0 Å². The maximum atomic E-state index is 11.6. The van der Waals surface area contributed by atoms with E-state index in [1.807, 2.05) is 0 Å². The fourth-order valence-corrected chi connectivity index (χ4v) is 1.54. The lowest BCUT2D eigenvalue weighted by atomic mass is 10.3. The summed E-state index contributed by atoms with van der Waals surface area (Å²) >= 11 is 0. The van der Waals surface area contributed by atoms with E-state index in [0.717, 1.165) is 18.9 Å². The van der Waals surface area contributed by atoms with E-state index in [4.69, 9.17) is 18.9 Å². The van der Waals surface area contributed by atoms with E-state index in [2.05, 4.69) is 6.58 Å². The second-order valence-electron chi connectivity index (χ2n) is 4.34. The predicted octanol–water partition coefficient (Wildman–Crippen LogP) is 1.19. The molecule has 1 unspecified atom stereocenters. The third-order valence-corrected chi connectivity index (χ3v) is 2.50. The van der Waals surface area contributed by atoms with Crippen LogP contribution in [0.5, 0.6) is 0 Å². The van der Waals surface area contributed by atoms with Crippen LogP contribution >= 0.6 is 0 Å². The van der Waals surface area contributed by atoms with E-state index in [0.29, 0.717) is 13.2 Å². The fourth-order valence-electron chi connectivity index (χ4n) is 1.54. The minimum absolute atomic E-state index is 0.0292. The summed E-state index contributed by atoms with van der Waals surface area (Å²) in [6, 6.07) is 0. The van der Waals surface area contributed by atoms with Crippen molar-refractivity contribution >= 4 is 11.9 Å². The molecule has 0 aromatic rings. The van der Waals surface area contributed by atoms with Gasteiger partial charge in [0.05, 0.1) is 13.0 Å². The van der Waals surface area contributed by atoms with Gasteiger partial charge in [-0.3, -0.25) is 4.79 Å². The van der Waals surface area contributed by atoms with Crippen molar-refractivity contribution in [3.8, 4) is 0 Å². The third-order valence-electron chi connectivity index (χ3n) is 2.50. The minimum atomic E-state index is -1.07. The molecule has 1 heterocycles. The van der Waals surface area contributed by atoms with E-state index in [-0.39, 0.29) is 19.6 Å². The second-order valence-corrected chi connectivity index (χ2v) is 4.34. The smallest absolute Gasteiger partial charge is 0.330 e. The van der Waals surface area contributed by atoms with Gasteiger partial charge in [-0.1, -0.05) is 6.58 Å². The summed E-state index contributed by atoms with van der Waals surface area (Å²) in [4.78, 5) is 22.4. The van der Waals surface area contributed by atoms with Crippen LogP contribution < -0.4 is 0 Å². The van der Waals surface area contributed by atoms with Crippen LogP contribution in [0.15, 0.2) is 12.7 Å². The Morgan fingerprint density at radius 2 is 2.11 bits per heavy atom. The molecule has 0 N–H and O–H groups in total. The largest absolute Gasteiger partial charge is 0.462 e. The molecule has 0 aliphatic carbocycles. The van der Waals surface area contributed by atoms with Crippen LogP contribution in [0.2, 0.25) is 0 Å². The van der Waals surface area contributed by atoms with Gasteiger partial charge in [0, 0.05) is 19.6 Å². The molecular formula is C13H20O6. The molecule has 0 radical (unpaired) electrons. The van der Waals surface area contributed by atoms with Gasteiger partial charge in [0.25, 0.3) is 0 Å². The monoisotopic (exact) mass is 272 g/mol. The Morgan fingerprint density at radius 1 is 1.37 bits per heavy atom. The third kappa shape index (κ3) is 6.35. The summed E-state index contributed by atoms with van der Waals surface area (Å²) in [5.41, 5.74) is 0. The molecule has 1 rings (SSSR count). The van der Waals surface area contributed by atoms with Gasteiger partial charge in [0.1, 0.15) is 13.2 Å². The summed E-state index contributed by atoms with van der Waals surface area (Å²) in [5.74, 6) is -2.13. The van der Waals surface area contributed by atoms with Crippen LogP contribution in [-0.2, 0) is 28.5 Å². The van der Waals surface area contributed by atoms with Gasteiger partial charge < -0.3 is 18.9 Å². The van der Waals surface area contributed by atoms with Crippen molar-refractivity contribution in [1.29, 1.82) is 0 Å². The average molecular weight is 272 g/mol. The zero-order valence-electron chi connectivity index (χ0n) is 11.2. The first-order chi connectivity index (χ1) is 9.06. The quantitative estimate of drug-likeness (QED) is 0.553. The number of esters is 2. The Kier molecular flexibility index (Phi) is 6.52. The first-order valence-electron chi connectivity index (χ1n) is 6.28. The van der Waals surface area contributed by atoms with Gasteiger partial charge in [-0.15, -0.1) is 0 Å². The number of ether oxygens (including phenoxy) is 4. The van der Waals surface area contributed by atoms with Crippen molar-refractivity contribution < 1.29 is 28.5 Å². The van der Waals surface area contributed by atoms with Crippen LogP contribution in [0.1, 0.15) is 26.2 Å². The highest BCUT2D eigenvalue weighted by Crippen LogP contribution is 2.17. The zero-order chi connectivity index (χ0) is 14.1. The average Bonchev–Trinajstić information content (AvgIpc) is 2.34. The van der Waals surface area contributed by atoms with Crippen molar-refractivity contribution in [1.82, 2.24) is 0 Å². The highest BCUT2D eigenvalue weighted by molar-refractivity contribution is 5.81. The Labute approximate surface area is 112 Å². The molecule has 0 saturated carbocycles. The highest BCUT2D eigenvalue weighted by atomic mass is 16.7. The summed E-state index contributed by atoms with van der Waals surface area (Å²) in [5, 5.41) is 0. The lowest BCUT2D eigenvalue weighted by Gasteiger charge is -2.30. The van der Waals surface area contributed by atoms with Crippen LogP contribution in [-0.4, -0.2) is 44.2 Å². The number of hydrogen-bond acceptors (Lipinski definition) is 6. The van der Waals surface area contributed by atoms with Crippen molar-refractivity contribution in [2.24, 2.45) is 0 Å². The molecule has 0 amide bonds. The molecule has 19 heavy (non-hydrogen) atoms. The molecule has 1 saturated heterocycles. The summed E-state index contributed by atoms with van der Waals surface area (Å²) in [7, 11) is 0. The lowest BCUT2D eigenvalue weighted by molar-refractivity contribution is -0.248. The van der Waals surface area contributed by atoms with Gasteiger partial charge in [-0.05, 0) is 12.8 Å². The second kappa shape index (κ2) is 7.91. The highest BCUT2D eigenvalue weighted by Gasteiger charge is 2.31. The molecule has 6 heteroatoms. The molecule has 0 aromatic carbocycles. The number of hydrogen-bond donors (Lipinski definition) is 0. The van der Waals surface area contributed by atoms with Crippen molar-refractivity contribution in [2.75, 3.05) is 26.4 Å². The summed E-state index contributed by atoms with van der Waals surface area (Å²) < 4.78 is 20.8. The maximum absolute atomic E-state index is 11.6. The van der Waals surface area contributed by atoms with Crippen LogP contribution in [0.4, 0.5) is 0 Å². The molecule has 1 aliphatic heterocycles. The molecule has 0 aromatic heterocycles. The van der Waals surface area contributed by atoms with Crippen molar-refractivity contribution in [3.05, 3.63) is 12.7 Å². The number of carbonyl (C=O) groups excluding carboxylic acids is 2. The first kappa shape index (κ1) is 15.7. The van der Waals surface area contributed by atoms with E-state index in [9.17, 15) is 9.59 Å². The van der Waals surface area contributed by atoms with E-state index < -0.39 is 17.7 Å². The topological polar surface area (TPSA) is 71.1 Å². The molecule has 108 valence electrons. The van der Waals surface area contributed by atoms with Gasteiger partial charge in [-0.25, -0.2) is 4.79 Å². The number of carbonyl (C=O) groups is 2. The van der Waals surface area contributed by atoms with E-state index in [1.54, 1.807) is 6.92 Å². The molecule has 0 bridgehead atoms. The molecule has 6 nitrogen and oxygen atoms in total.